The maximum atomic E-state index is 12.1. The molecule has 6 heteroatoms. The summed E-state index contributed by atoms with van der Waals surface area (Å²) in [6, 6.07) is 16.6. The monoisotopic (exact) mass is 476 g/mol. The Labute approximate surface area is 210 Å². The van der Waals surface area contributed by atoms with Gasteiger partial charge >= 0.3 is 0 Å². The lowest BCUT2D eigenvalue weighted by Gasteiger charge is -2.05. The van der Waals surface area contributed by atoms with Gasteiger partial charge in [0.25, 0.3) is 0 Å². The number of aryl methyl sites for hydroxylation is 2. The smallest absolute Gasteiger partial charge is 0.240 e. The van der Waals surface area contributed by atoms with Crippen molar-refractivity contribution in [3.63, 3.8) is 0 Å². The second kappa shape index (κ2) is 15.6. The lowest BCUT2D eigenvalue weighted by atomic mass is 10.1. The zero-order valence-electron chi connectivity index (χ0n) is 21.7. The number of hydrogen-bond acceptors (Lipinski definition) is 4. The molecule has 0 aliphatic heterocycles. The molecule has 0 heterocycles. The summed E-state index contributed by atoms with van der Waals surface area (Å²) in [6.07, 6.45) is 7.37. The number of carbonyl (C=O) groups excluding carboxylic acids is 2. The Bertz CT molecular complexity index is 911. The van der Waals surface area contributed by atoms with E-state index in [9.17, 15) is 9.59 Å². The summed E-state index contributed by atoms with van der Waals surface area (Å²) in [7, 11) is 0. The molecule has 6 nitrogen and oxygen atoms in total. The molecule has 0 saturated carbocycles. The first kappa shape index (κ1) is 28.0. The Morgan fingerprint density at radius 2 is 1.00 bits per heavy atom. The molecule has 2 N–H and O–H groups in total. The molecule has 2 rings (SSSR count). The quantitative estimate of drug-likeness (QED) is 0.201. The summed E-state index contributed by atoms with van der Waals surface area (Å²) >= 11 is 0. The summed E-state index contributed by atoms with van der Waals surface area (Å²) in [5.74, 6) is -0.219. The molecule has 2 amide bonds. The summed E-state index contributed by atoms with van der Waals surface area (Å²) in [5.41, 5.74) is 11.4. The van der Waals surface area contributed by atoms with E-state index in [1.807, 2.05) is 38.1 Å². The molecule has 2 aromatic rings. The van der Waals surface area contributed by atoms with Crippen LogP contribution < -0.4 is 10.9 Å². The minimum absolute atomic E-state index is 0.110. The predicted octanol–water partition coefficient (Wildman–Crippen LogP) is 5.92. The van der Waals surface area contributed by atoms with Crippen molar-refractivity contribution >= 4 is 23.2 Å². The minimum atomic E-state index is -0.110. The highest BCUT2D eigenvalue weighted by Gasteiger charge is 2.05. The third-order valence-electron chi connectivity index (χ3n) is 5.83. The lowest BCUT2D eigenvalue weighted by molar-refractivity contribution is -0.121. The summed E-state index contributed by atoms with van der Waals surface area (Å²) < 4.78 is 0. The van der Waals surface area contributed by atoms with E-state index in [2.05, 4.69) is 59.2 Å². The number of hydrogen-bond donors (Lipinski definition) is 2. The van der Waals surface area contributed by atoms with E-state index in [-0.39, 0.29) is 11.8 Å². The van der Waals surface area contributed by atoms with Gasteiger partial charge in [-0.1, -0.05) is 81.6 Å². The highest BCUT2D eigenvalue weighted by Crippen LogP contribution is 2.09. The second-order valence-corrected chi connectivity index (χ2v) is 8.92. The van der Waals surface area contributed by atoms with Gasteiger partial charge in [0.2, 0.25) is 11.8 Å². The largest absolute Gasteiger partial charge is 0.273 e. The SMILES string of the molecule is CCCc1ccc(/C(C)=N/NC(=O)CCCCCC(=O)N/N=C(\C)c2ccc(CCC)cc2)cc1. The van der Waals surface area contributed by atoms with Gasteiger partial charge in [-0.05, 0) is 61.8 Å². The molecular formula is C29H40N4O2. The van der Waals surface area contributed by atoms with Gasteiger partial charge in [0, 0.05) is 12.8 Å². The predicted molar refractivity (Wildman–Crippen MR) is 145 cm³/mol. The third-order valence-corrected chi connectivity index (χ3v) is 5.83. The molecule has 0 bridgehead atoms. The minimum Gasteiger partial charge on any atom is -0.273 e. The first-order valence-electron chi connectivity index (χ1n) is 12.8. The summed E-state index contributed by atoms with van der Waals surface area (Å²) in [4.78, 5) is 24.1. The molecule has 0 aliphatic carbocycles. The van der Waals surface area contributed by atoms with Crippen LogP contribution in [0.15, 0.2) is 58.7 Å². The third kappa shape index (κ3) is 10.7. The maximum absolute atomic E-state index is 12.1. The van der Waals surface area contributed by atoms with Crippen LogP contribution in [0.5, 0.6) is 0 Å². The van der Waals surface area contributed by atoms with E-state index in [1.165, 1.54) is 11.1 Å². The van der Waals surface area contributed by atoms with E-state index >= 15 is 0 Å². The summed E-state index contributed by atoms with van der Waals surface area (Å²) in [6.45, 7) is 8.10. The summed E-state index contributed by atoms with van der Waals surface area (Å²) in [5, 5.41) is 8.43. The van der Waals surface area contributed by atoms with Gasteiger partial charge in [0.15, 0.2) is 0 Å². The van der Waals surface area contributed by atoms with E-state index in [0.29, 0.717) is 25.7 Å². The fourth-order valence-corrected chi connectivity index (χ4v) is 3.68. The molecule has 0 radical (unpaired) electrons. The van der Waals surface area contributed by atoms with E-state index in [4.69, 9.17) is 0 Å². The fourth-order valence-electron chi connectivity index (χ4n) is 3.68. The molecular weight excluding hydrogens is 436 g/mol. The van der Waals surface area contributed by atoms with Crippen LogP contribution >= 0.6 is 0 Å². The van der Waals surface area contributed by atoms with Crippen LogP contribution in [0.1, 0.15) is 94.9 Å². The van der Waals surface area contributed by atoms with Crippen molar-refractivity contribution in [2.45, 2.75) is 85.5 Å². The van der Waals surface area contributed by atoms with Crippen molar-refractivity contribution in [2.24, 2.45) is 10.2 Å². The van der Waals surface area contributed by atoms with Gasteiger partial charge in [0.1, 0.15) is 0 Å². The molecule has 35 heavy (non-hydrogen) atoms. The molecule has 0 aromatic heterocycles. The number of amides is 2. The standard InChI is InChI=1S/C29H40N4O2/c1-5-10-24-14-18-26(19-15-24)22(3)30-32-28(34)12-8-7-9-13-29(35)33-31-23(4)27-20-16-25(11-6-2)17-21-27/h14-21H,5-13H2,1-4H3,(H,32,34)(H,33,35)/b30-22+,31-23+. The highest BCUT2D eigenvalue weighted by molar-refractivity contribution is 5.99. The zero-order chi connectivity index (χ0) is 25.5. The van der Waals surface area contributed by atoms with E-state index in [1.54, 1.807) is 0 Å². The van der Waals surface area contributed by atoms with Crippen molar-refractivity contribution in [1.82, 2.24) is 10.9 Å². The van der Waals surface area contributed by atoms with Crippen LogP contribution in [-0.4, -0.2) is 23.2 Å². The average Bonchev–Trinajstić information content (AvgIpc) is 2.87. The van der Waals surface area contributed by atoms with Gasteiger partial charge in [0.05, 0.1) is 11.4 Å². The molecule has 0 unspecified atom stereocenters. The topological polar surface area (TPSA) is 82.9 Å². The van der Waals surface area contributed by atoms with Crippen LogP contribution in [0, 0.1) is 0 Å². The van der Waals surface area contributed by atoms with Gasteiger partial charge in [-0.2, -0.15) is 10.2 Å². The van der Waals surface area contributed by atoms with Crippen LogP contribution in [0.25, 0.3) is 0 Å². The van der Waals surface area contributed by atoms with Crippen molar-refractivity contribution < 1.29 is 9.59 Å². The molecule has 2 aromatic carbocycles. The fraction of sp³-hybridized carbons (Fsp3) is 0.448. The Morgan fingerprint density at radius 1 is 0.629 bits per heavy atom. The first-order valence-corrected chi connectivity index (χ1v) is 12.8. The van der Waals surface area contributed by atoms with Gasteiger partial charge in [-0.15, -0.1) is 0 Å². The molecule has 0 spiro atoms. The number of benzene rings is 2. The molecule has 0 atom stereocenters. The zero-order valence-corrected chi connectivity index (χ0v) is 21.7. The van der Waals surface area contributed by atoms with Crippen molar-refractivity contribution in [3.8, 4) is 0 Å². The number of rotatable bonds is 14. The number of unbranched alkanes of at least 4 members (excludes halogenated alkanes) is 2. The first-order chi connectivity index (χ1) is 16.9. The van der Waals surface area contributed by atoms with Crippen LogP contribution in [-0.2, 0) is 22.4 Å². The normalized spacial score (nSPS) is 11.9. The molecule has 188 valence electrons. The van der Waals surface area contributed by atoms with Gasteiger partial charge in [-0.3, -0.25) is 9.59 Å². The number of carbonyl (C=O) groups is 2. The number of nitrogens with one attached hydrogen (secondary N) is 2. The second-order valence-electron chi connectivity index (χ2n) is 8.92. The number of hydrazone groups is 2. The Hall–Kier alpha value is -3.28. The van der Waals surface area contributed by atoms with E-state index < -0.39 is 0 Å². The van der Waals surface area contributed by atoms with Gasteiger partial charge in [-0.25, -0.2) is 10.9 Å². The Morgan fingerprint density at radius 3 is 1.34 bits per heavy atom. The lowest BCUT2D eigenvalue weighted by Crippen LogP contribution is -2.19. The van der Waals surface area contributed by atoms with Crippen molar-refractivity contribution in [1.29, 1.82) is 0 Å². The van der Waals surface area contributed by atoms with Crippen LogP contribution in [0.3, 0.4) is 0 Å². The Kier molecular flexibility index (Phi) is 12.5. The number of nitrogens with zero attached hydrogens (tertiary/aromatic N) is 2. The van der Waals surface area contributed by atoms with E-state index in [0.717, 1.165) is 54.7 Å². The molecule has 0 fully saturated rings. The van der Waals surface area contributed by atoms with Crippen molar-refractivity contribution in [3.05, 3.63) is 70.8 Å². The highest BCUT2D eigenvalue weighted by atomic mass is 16.2. The Balaban J connectivity index is 1.62. The molecule has 0 saturated heterocycles. The molecule has 0 aliphatic rings. The van der Waals surface area contributed by atoms with Crippen LogP contribution in [0.2, 0.25) is 0 Å². The average molecular weight is 477 g/mol. The van der Waals surface area contributed by atoms with Crippen molar-refractivity contribution in [2.75, 3.05) is 0 Å². The maximum Gasteiger partial charge on any atom is 0.240 e. The van der Waals surface area contributed by atoms with Crippen LogP contribution in [0.4, 0.5) is 0 Å². The van der Waals surface area contributed by atoms with Gasteiger partial charge < -0.3 is 0 Å².